The first kappa shape index (κ1) is 26.7. The van der Waals surface area contributed by atoms with Crippen molar-refractivity contribution < 1.29 is 33.6 Å². The fraction of sp³-hybridized carbons (Fsp3) is 1.00. The molecule has 0 aromatic rings. The van der Waals surface area contributed by atoms with E-state index in [-0.39, 0.29) is 70.3 Å². The molecule has 1 heterocycles. The number of hydrogen-bond acceptors (Lipinski definition) is 4. The number of halogens is 2. The third-order valence-corrected chi connectivity index (χ3v) is 3.55. The SMILES string of the molecule is OCC1C[N-]CC[N-][C@@H](CO)C[N-][C@H](CO)C[N-][C@@H](CO)C[N-]1.[Cl][Mn][Cl]. The van der Waals surface area contributed by atoms with E-state index in [0.717, 1.165) is 0 Å². The van der Waals surface area contributed by atoms with Crippen LogP contribution in [0.2, 0.25) is 0 Å². The predicted octanol–water partition coefficient (Wildman–Crippen LogP) is 0.689. The Kier molecular flexibility index (Phi) is 19.6. The van der Waals surface area contributed by atoms with Gasteiger partial charge in [0.25, 0.3) is 0 Å². The van der Waals surface area contributed by atoms with Gasteiger partial charge in [-0.1, -0.05) is 0 Å². The van der Waals surface area contributed by atoms with E-state index in [9.17, 15) is 20.4 Å². The fourth-order valence-corrected chi connectivity index (χ4v) is 2.06. The average molecular weight is 456 g/mol. The topological polar surface area (TPSA) is 151 Å². The Morgan fingerprint density at radius 3 is 1.35 bits per heavy atom. The van der Waals surface area contributed by atoms with Crippen LogP contribution in [0.5, 0.6) is 0 Å². The Balaban J connectivity index is 0.00000194. The molecule has 9 nitrogen and oxygen atoms in total. The summed E-state index contributed by atoms with van der Waals surface area (Å²) in [6.07, 6.45) is 0. The molecule has 4 atom stereocenters. The molecule has 0 amide bonds. The molecule has 0 saturated carbocycles. The molecule has 159 valence electrons. The van der Waals surface area contributed by atoms with Crippen LogP contribution in [0.15, 0.2) is 0 Å². The summed E-state index contributed by atoms with van der Waals surface area (Å²) in [7, 11) is 9.59. The van der Waals surface area contributed by atoms with Gasteiger partial charge in [-0.3, -0.25) is 0 Å². The summed E-state index contributed by atoms with van der Waals surface area (Å²) in [5, 5.41) is 58.9. The molecule has 1 rings (SSSR count). The van der Waals surface area contributed by atoms with Gasteiger partial charge in [0.05, 0.1) is 0 Å². The van der Waals surface area contributed by atoms with Gasteiger partial charge >= 0.3 is 33.3 Å². The normalized spacial score (nSPS) is 29.8. The van der Waals surface area contributed by atoms with Crippen LogP contribution in [0, 0.1) is 0 Å². The molecule has 1 aliphatic rings. The fourth-order valence-electron chi connectivity index (χ4n) is 2.06. The number of aliphatic hydroxyl groups excluding tert-OH is 4. The first-order chi connectivity index (χ1) is 12.6. The van der Waals surface area contributed by atoms with Crippen molar-refractivity contribution in [3.63, 3.8) is 0 Å². The number of aliphatic hydroxyl groups is 4. The molecule has 1 unspecified atom stereocenters. The first-order valence-electron chi connectivity index (χ1n) is 8.25. The molecule has 0 bridgehead atoms. The van der Waals surface area contributed by atoms with Crippen molar-refractivity contribution in [1.82, 2.24) is 0 Å². The van der Waals surface area contributed by atoms with Crippen LogP contribution in [0.25, 0.3) is 26.6 Å². The molecule has 1 aliphatic heterocycles. The van der Waals surface area contributed by atoms with E-state index in [2.05, 4.69) is 26.6 Å². The second kappa shape index (κ2) is 19.1. The molecule has 0 aromatic heterocycles. The Hall–Kier alpha value is 0.739. The zero-order chi connectivity index (χ0) is 19.6. The molecular formula is C14H28Cl2MnN5O4-5. The summed E-state index contributed by atoms with van der Waals surface area (Å²) in [5.41, 5.74) is 0. The van der Waals surface area contributed by atoms with Gasteiger partial charge in [-0.05, 0) is 0 Å². The van der Waals surface area contributed by atoms with Crippen molar-refractivity contribution in [3.05, 3.63) is 26.6 Å². The van der Waals surface area contributed by atoms with E-state index < -0.39 is 0 Å². The van der Waals surface area contributed by atoms with Crippen molar-refractivity contribution in [2.24, 2.45) is 0 Å². The van der Waals surface area contributed by atoms with Crippen LogP contribution in [-0.2, 0) is 13.1 Å². The summed E-state index contributed by atoms with van der Waals surface area (Å²) in [5.74, 6) is 0. The van der Waals surface area contributed by atoms with E-state index in [1.165, 1.54) is 0 Å². The molecule has 0 aliphatic carbocycles. The van der Waals surface area contributed by atoms with Crippen LogP contribution in [0.1, 0.15) is 0 Å². The molecule has 26 heavy (non-hydrogen) atoms. The molecular weight excluding hydrogens is 428 g/mol. The van der Waals surface area contributed by atoms with Crippen molar-refractivity contribution in [2.45, 2.75) is 24.2 Å². The number of nitrogens with zero attached hydrogens (tertiary/aromatic N) is 5. The van der Waals surface area contributed by atoms with Gasteiger partial charge in [-0.25, -0.2) is 0 Å². The number of rotatable bonds is 4. The molecule has 0 spiro atoms. The van der Waals surface area contributed by atoms with Crippen molar-refractivity contribution in [2.75, 3.05) is 65.7 Å². The predicted molar refractivity (Wildman–Crippen MR) is 101 cm³/mol. The van der Waals surface area contributed by atoms with Crippen LogP contribution in [0.4, 0.5) is 0 Å². The minimum absolute atomic E-state index is 0.00694. The average Bonchev–Trinajstić information content (AvgIpc) is 2.66. The van der Waals surface area contributed by atoms with E-state index in [0.29, 0.717) is 32.7 Å². The van der Waals surface area contributed by atoms with Crippen LogP contribution >= 0.6 is 20.2 Å². The van der Waals surface area contributed by atoms with E-state index in [4.69, 9.17) is 20.2 Å². The summed E-state index contributed by atoms with van der Waals surface area (Å²) in [6, 6.07) is -1.37. The van der Waals surface area contributed by atoms with Crippen LogP contribution < -0.4 is 0 Å². The van der Waals surface area contributed by atoms with Gasteiger partial charge < -0.3 is 47.0 Å². The molecule has 4 N–H and O–H groups in total. The third-order valence-electron chi connectivity index (χ3n) is 3.55. The standard InChI is InChI=1S/C14H28N5O4.2ClH.Mn/c20-7-11-3-15-1-2-16-12(8-21)4-18-14(10-23)6-19-13(9-22)5-17-11;;;/h11-14,20-23H,1-10H2;2*1H;/q-5;;;+2/p-2/t11?,12-,13-,14+;;;/m1.../s1. The van der Waals surface area contributed by atoms with Gasteiger partial charge in [0, 0.05) is 26.4 Å². The maximum atomic E-state index is 9.36. The van der Waals surface area contributed by atoms with Gasteiger partial charge in [-0.2, -0.15) is 39.3 Å². The Labute approximate surface area is 170 Å². The second-order valence-electron chi connectivity index (χ2n) is 5.53. The van der Waals surface area contributed by atoms with Crippen molar-refractivity contribution >= 4 is 20.2 Å². The molecule has 1 fully saturated rings. The van der Waals surface area contributed by atoms with Crippen molar-refractivity contribution in [3.8, 4) is 0 Å². The van der Waals surface area contributed by atoms with Crippen LogP contribution in [-0.4, -0.2) is 110 Å². The molecule has 1 saturated heterocycles. The minimum atomic E-state index is -0.378. The second-order valence-corrected chi connectivity index (χ2v) is 7.48. The molecule has 0 radical (unpaired) electrons. The van der Waals surface area contributed by atoms with E-state index >= 15 is 0 Å². The summed E-state index contributed by atoms with van der Waals surface area (Å²) in [4.78, 5) is 0. The Morgan fingerprint density at radius 2 is 0.962 bits per heavy atom. The zero-order valence-corrected chi connectivity index (χ0v) is 17.2. The molecule has 0 aromatic carbocycles. The Bertz CT molecular complexity index is 291. The summed E-state index contributed by atoms with van der Waals surface area (Å²) >= 11 is 0.00694. The van der Waals surface area contributed by atoms with Gasteiger partial charge in [0.15, 0.2) is 0 Å². The summed E-state index contributed by atoms with van der Waals surface area (Å²) < 4.78 is 0. The van der Waals surface area contributed by atoms with Crippen LogP contribution in [0.3, 0.4) is 0 Å². The third kappa shape index (κ3) is 13.8. The quantitative estimate of drug-likeness (QED) is 0.460. The van der Waals surface area contributed by atoms with E-state index in [1.54, 1.807) is 0 Å². The zero-order valence-electron chi connectivity index (χ0n) is 14.5. The summed E-state index contributed by atoms with van der Waals surface area (Å²) in [6.45, 7) is 1.79. The number of hydrogen-bond donors (Lipinski definition) is 4. The molecule has 12 heteroatoms. The Morgan fingerprint density at radius 1 is 0.615 bits per heavy atom. The maximum absolute atomic E-state index is 9.36. The van der Waals surface area contributed by atoms with E-state index in [1.807, 2.05) is 0 Å². The monoisotopic (exact) mass is 455 g/mol. The van der Waals surface area contributed by atoms with Crippen molar-refractivity contribution in [1.29, 1.82) is 0 Å². The van der Waals surface area contributed by atoms with Gasteiger partial charge in [0.1, 0.15) is 0 Å². The van der Waals surface area contributed by atoms with Gasteiger partial charge in [0.2, 0.25) is 0 Å². The van der Waals surface area contributed by atoms with Gasteiger partial charge in [-0.15, -0.1) is 24.2 Å². The first-order valence-corrected chi connectivity index (χ1v) is 11.5.